The van der Waals surface area contributed by atoms with Crippen LogP contribution >= 0.6 is 0 Å². The molecule has 0 fully saturated rings. The van der Waals surface area contributed by atoms with E-state index in [0.29, 0.717) is 11.3 Å². The Kier molecular flexibility index (Phi) is 4.90. The largest absolute Gasteiger partial charge is 0.514 e. The molecule has 0 atom stereocenters. The normalized spacial score (nSPS) is 10.6. The smallest absolute Gasteiger partial charge is 0.457 e. The molecule has 0 amide bonds. The second-order valence-electron chi connectivity index (χ2n) is 6.10. The molecule has 2 aromatic carbocycles. The lowest BCUT2D eigenvalue weighted by molar-refractivity contribution is -0.384. The van der Waals surface area contributed by atoms with E-state index in [-0.39, 0.29) is 18.0 Å². The third kappa shape index (κ3) is 4.22. The Balaban J connectivity index is 1.40. The van der Waals surface area contributed by atoms with Crippen LogP contribution < -0.4 is 4.74 Å². The van der Waals surface area contributed by atoms with Crippen molar-refractivity contribution in [2.24, 2.45) is 0 Å². The van der Waals surface area contributed by atoms with E-state index >= 15 is 0 Å². The second kappa shape index (κ2) is 7.81. The summed E-state index contributed by atoms with van der Waals surface area (Å²) in [6.07, 6.45) is 2.56. The standard InChI is InChI=1S/C21H14N2O6/c24-21(29-18-6-4-17(5-7-18)23(25)26)27-13-19-11-16-10-14(3-8-20(16)28-19)15-2-1-9-22-12-15/h1-12H,13H2. The molecule has 0 aliphatic rings. The number of nitro groups is 1. The maximum atomic E-state index is 11.8. The van der Waals surface area contributed by atoms with Gasteiger partial charge in [-0.1, -0.05) is 12.1 Å². The van der Waals surface area contributed by atoms with E-state index in [1.54, 1.807) is 18.5 Å². The highest BCUT2D eigenvalue weighted by molar-refractivity contribution is 5.84. The third-order valence-corrected chi connectivity index (χ3v) is 4.14. The average Bonchev–Trinajstić information content (AvgIpc) is 3.15. The fraction of sp³-hybridized carbons (Fsp3) is 0.0476. The van der Waals surface area contributed by atoms with E-state index in [9.17, 15) is 14.9 Å². The van der Waals surface area contributed by atoms with Gasteiger partial charge in [-0.15, -0.1) is 0 Å². The maximum absolute atomic E-state index is 11.8. The number of non-ortho nitro benzene ring substituents is 1. The summed E-state index contributed by atoms with van der Waals surface area (Å²) in [5.41, 5.74) is 2.55. The first-order valence-corrected chi connectivity index (χ1v) is 8.60. The van der Waals surface area contributed by atoms with E-state index in [0.717, 1.165) is 16.5 Å². The zero-order valence-electron chi connectivity index (χ0n) is 15.0. The molecule has 2 aromatic heterocycles. The number of ether oxygens (including phenoxy) is 2. The topological polar surface area (TPSA) is 105 Å². The average molecular weight is 390 g/mol. The van der Waals surface area contributed by atoms with Crippen molar-refractivity contribution in [3.8, 4) is 16.9 Å². The molecule has 2 heterocycles. The number of hydrogen-bond acceptors (Lipinski definition) is 7. The monoisotopic (exact) mass is 390 g/mol. The predicted octanol–water partition coefficient (Wildman–Crippen LogP) is 5.12. The van der Waals surface area contributed by atoms with Gasteiger partial charge in [0.2, 0.25) is 0 Å². The van der Waals surface area contributed by atoms with Gasteiger partial charge < -0.3 is 13.9 Å². The highest BCUT2D eigenvalue weighted by Crippen LogP contribution is 2.26. The first-order valence-electron chi connectivity index (χ1n) is 8.60. The van der Waals surface area contributed by atoms with E-state index in [2.05, 4.69) is 4.98 Å². The summed E-state index contributed by atoms with van der Waals surface area (Å²) in [4.78, 5) is 26.0. The van der Waals surface area contributed by atoms with Crippen LogP contribution in [0.25, 0.3) is 22.1 Å². The molecule has 29 heavy (non-hydrogen) atoms. The van der Waals surface area contributed by atoms with Gasteiger partial charge in [-0.25, -0.2) is 4.79 Å². The van der Waals surface area contributed by atoms with Crippen LogP contribution in [0, 0.1) is 10.1 Å². The number of nitro benzene ring substituents is 1. The van der Waals surface area contributed by atoms with Gasteiger partial charge in [-0.05, 0) is 42.0 Å². The molecule has 8 nitrogen and oxygen atoms in total. The number of nitrogens with zero attached hydrogens (tertiary/aromatic N) is 2. The van der Waals surface area contributed by atoms with Crippen LogP contribution in [0.5, 0.6) is 5.75 Å². The predicted molar refractivity (Wildman–Crippen MR) is 103 cm³/mol. The molecule has 0 aliphatic heterocycles. The first-order chi connectivity index (χ1) is 14.1. The van der Waals surface area contributed by atoms with E-state index < -0.39 is 11.1 Å². The highest BCUT2D eigenvalue weighted by atomic mass is 16.7. The van der Waals surface area contributed by atoms with Crippen molar-refractivity contribution in [1.29, 1.82) is 0 Å². The number of rotatable bonds is 5. The fourth-order valence-corrected chi connectivity index (χ4v) is 2.77. The number of hydrogen-bond donors (Lipinski definition) is 0. The second-order valence-corrected chi connectivity index (χ2v) is 6.10. The van der Waals surface area contributed by atoms with Gasteiger partial charge in [0.15, 0.2) is 6.61 Å². The zero-order chi connectivity index (χ0) is 20.2. The van der Waals surface area contributed by atoms with Crippen LogP contribution in [0.1, 0.15) is 5.76 Å². The number of fused-ring (bicyclic) bond motifs is 1. The quantitative estimate of drug-likeness (QED) is 0.202. The van der Waals surface area contributed by atoms with Crippen molar-refractivity contribution in [1.82, 2.24) is 4.98 Å². The Hall–Kier alpha value is -4.20. The molecule has 4 rings (SSSR count). The van der Waals surface area contributed by atoms with E-state index in [4.69, 9.17) is 13.9 Å². The summed E-state index contributed by atoms with van der Waals surface area (Å²) in [6, 6.07) is 16.5. The van der Waals surface area contributed by atoms with E-state index in [1.165, 1.54) is 24.3 Å². The lowest BCUT2D eigenvalue weighted by atomic mass is 10.1. The van der Waals surface area contributed by atoms with Gasteiger partial charge in [-0.2, -0.15) is 0 Å². The summed E-state index contributed by atoms with van der Waals surface area (Å²) >= 11 is 0. The first kappa shape index (κ1) is 18.2. The Morgan fingerprint density at radius 3 is 2.62 bits per heavy atom. The molecule has 0 radical (unpaired) electrons. The van der Waals surface area contributed by atoms with Crippen molar-refractivity contribution >= 4 is 22.8 Å². The molecule has 0 aliphatic carbocycles. The lowest BCUT2D eigenvalue weighted by Gasteiger charge is -2.04. The number of benzene rings is 2. The van der Waals surface area contributed by atoms with Crippen LogP contribution in [-0.4, -0.2) is 16.1 Å². The van der Waals surface area contributed by atoms with Gasteiger partial charge in [0, 0.05) is 35.5 Å². The molecule has 8 heteroatoms. The molecular formula is C21H14N2O6. The third-order valence-electron chi connectivity index (χ3n) is 4.14. The van der Waals surface area contributed by atoms with Crippen molar-refractivity contribution in [2.45, 2.75) is 6.61 Å². The van der Waals surface area contributed by atoms with Crippen LogP contribution in [-0.2, 0) is 11.3 Å². The minimum Gasteiger partial charge on any atom is -0.457 e. The Bertz CT molecular complexity index is 1170. The van der Waals surface area contributed by atoms with Gasteiger partial charge >= 0.3 is 6.16 Å². The minimum atomic E-state index is -0.935. The summed E-state index contributed by atoms with van der Waals surface area (Å²) in [5, 5.41) is 11.5. The molecule has 144 valence electrons. The molecular weight excluding hydrogens is 376 g/mol. The summed E-state index contributed by atoms with van der Waals surface area (Å²) in [6.45, 7) is -0.108. The molecule has 0 unspecified atom stereocenters. The summed E-state index contributed by atoms with van der Waals surface area (Å²) < 4.78 is 15.7. The van der Waals surface area contributed by atoms with Crippen LogP contribution in [0.4, 0.5) is 10.5 Å². The highest BCUT2D eigenvalue weighted by Gasteiger charge is 2.12. The molecule has 0 N–H and O–H groups in total. The lowest BCUT2D eigenvalue weighted by Crippen LogP contribution is -2.10. The van der Waals surface area contributed by atoms with Gasteiger partial charge in [-0.3, -0.25) is 15.1 Å². The molecule has 0 bridgehead atoms. The zero-order valence-corrected chi connectivity index (χ0v) is 15.0. The van der Waals surface area contributed by atoms with Crippen LogP contribution in [0.15, 0.2) is 77.5 Å². The van der Waals surface area contributed by atoms with Crippen LogP contribution in [0.2, 0.25) is 0 Å². The molecule has 0 saturated carbocycles. The fourth-order valence-electron chi connectivity index (χ4n) is 2.77. The molecule has 0 saturated heterocycles. The summed E-state index contributed by atoms with van der Waals surface area (Å²) in [7, 11) is 0. The Morgan fingerprint density at radius 1 is 1.07 bits per heavy atom. The van der Waals surface area contributed by atoms with Crippen molar-refractivity contribution < 1.29 is 23.6 Å². The minimum absolute atomic E-state index is 0.0985. The molecule has 0 spiro atoms. The molecule has 4 aromatic rings. The number of carbonyl (C=O) groups is 1. The summed E-state index contributed by atoms with van der Waals surface area (Å²) in [5.74, 6) is 0.607. The number of carbonyl (C=O) groups excluding carboxylic acids is 1. The van der Waals surface area contributed by atoms with E-state index in [1.807, 2.05) is 30.3 Å². The van der Waals surface area contributed by atoms with Crippen molar-refractivity contribution in [3.05, 3.63) is 88.9 Å². The Labute approximate surface area is 164 Å². The van der Waals surface area contributed by atoms with Crippen molar-refractivity contribution in [2.75, 3.05) is 0 Å². The maximum Gasteiger partial charge on any atom is 0.514 e. The van der Waals surface area contributed by atoms with Gasteiger partial charge in [0.25, 0.3) is 5.69 Å². The number of aromatic nitrogens is 1. The number of furan rings is 1. The number of pyridine rings is 1. The van der Waals surface area contributed by atoms with Gasteiger partial charge in [0.1, 0.15) is 17.1 Å². The SMILES string of the molecule is O=C(OCc1cc2cc(-c3cccnc3)ccc2o1)Oc1ccc([N+](=O)[O-])cc1. The van der Waals surface area contributed by atoms with Crippen molar-refractivity contribution in [3.63, 3.8) is 0 Å². The van der Waals surface area contributed by atoms with Crippen LogP contribution in [0.3, 0.4) is 0 Å². The van der Waals surface area contributed by atoms with Gasteiger partial charge in [0.05, 0.1) is 4.92 Å². The Morgan fingerprint density at radius 2 is 1.90 bits per heavy atom.